The van der Waals surface area contributed by atoms with Crippen molar-refractivity contribution in [2.75, 3.05) is 6.61 Å². The van der Waals surface area contributed by atoms with Crippen LogP contribution in [0.1, 0.15) is 47.9 Å². The molecule has 4 aromatic carbocycles. The predicted molar refractivity (Wildman–Crippen MR) is 162 cm³/mol. The highest BCUT2D eigenvalue weighted by atomic mass is 16.8. The van der Waals surface area contributed by atoms with Crippen molar-refractivity contribution in [1.29, 1.82) is 0 Å². The zero-order valence-electron chi connectivity index (χ0n) is 24.4. The number of fused-ring (bicyclic) bond motifs is 2. The zero-order chi connectivity index (χ0) is 28.9. The third-order valence-corrected chi connectivity index (χ3v) is 8.59. The van der Waals surface area contributed by atoms with Crippen LogP contribution in [-0.4, -0.2) is 40.3 Å². The van der Waals surface area contributed by atoms with Crippen molar-refractivity contribution in [3.8, 4) is 0 Å². The maximum atomic E-state index is 7.15. The summed E-state index contributed by atoms with van der Waals surface area (Å²) in [6, 6.07) is 35.5. The van der Waals surface area contributed by atoms with Crippen LogP contribution in [0.3, 0.4) is 0 Å². The molecule has 4 atom stereocenters. The number of benzene rings is 4. The summed E-state index contributed by atoms with van der Waals surface area (Å²) in [5.41, 5.74) is 6.66. The molecule has 5 aromatic rings. The molecule has 2 saturated heterocycles. The second-order valence-corrected chi connectivity index (χ2v) is 11.8. The lowest BCUT2D eigenvalue weighted by Crippen LogP contribution is -2.39. The summed E-state index contributed by atoms with van der Waals surface area (Å²) in [6.45, 7) is 8.44. The van der Waals surface area contributed by atoms with E-state index in [1.807, 2.05) is 38.4 Å². The van der Waals surface area contributed by atoms with E-state index in [1.165, 1.54) is 11.1 Å². The van der Waals surface area contributed by atoms with Crippen molar-refractivity contribution >= 4 is 11.0 Å². The van der Waals surface area contributed by atoms with Crippen LogP contribution in [0.2, 0.25) is 0 Å². The highest BCUT2D eigenvalue weighted by Crippen LogP contribution is 2.46. The van der Waals surface area contributed by atoms with Crippen molar-refractivity contribution in [1.82, 2.24) is 9.55 Å². The van der Waals surface area contributed by atoms with Crippen LogP contribution in [0.5, 0.6) is 0 Å². The number of aromatic nitrogens is 2. The van der Waals surface area contributed by atoms with E-state index in [-0.39, 0.29) is 18.3 Å². The van der Waals surface area contributed by atoms with Crippen molar-refractivity contribution in [3.05, 3.63) is 137 Å². The maximum absolute atomic E-state index is 7.15. The lowest BCUT2D eigenvalue weighted by atomic mass is 9.80. The molecule has 0 amide bonds. The van der Waals surface area contributed by atoms with Gasteiger partial charge in [0.05, 0.1) is 24.0 Å². The van der Waals surface area contributed by atoms with Gasteiger partial charge in [0.25, 0.3) is 0 Å². The highest BCUT2D eigenvalue weighted by Gasteiger charge is 2.56. The van der Waals surface area contributed by atoms with Gasteiger partial charge in [-0.1, -0.05) is 91.0 Å². The van der Waals surface area contributed by atoms with Crippen LogP contribution in [0.15, 0.2) is 109 Å². The Morgan fingerprint density at radius 3 is 1.86 bits per heavy atom. The fraction of sp³-hybridized carbons (Fsp3) is 0.306. The van der Waals surface area contributed by atoms with Gasteiger partial charge in [0.15, 0.2) is 12.0 Å². The van der Waals surface area contributed by atoms with Crippen LogP contribution in [0.4, 0.5) is 0 Å². The molecule has 0 aliphatic carbocycles. The second kappa shape index (κ2) is 10.5. The molecule has 0 radical (unpaired) electrons. The Balaban J connectivity index is 1.28. The van der Waals surface area contributed by atoms with Crippen LogP contribution in [0, 0.1) is 13.8 Å². The van der Waals surface area contributed by atoms with E-state index >= 15 is 0 Å². The Labute approximate surface area is 246 Å². The minimum atomic E-state index is -0.855. The maximum Gasteiger partial charge on any atom is 0.165 e. The number of nitrogens with zero attached hydrogens (tertiary/aromatic N) is 2. The van der Waals surface area contributed by atoms with Gasteiger partial charge in [-0.15, -0.1) is 0 Å². The zero-order valence-corrected chi connectivity index (χ0v) is 24.4. The van der Waals surface area contributed by atoms with E-state index in [9.17, 15) is 0 Å². The minimum absolute atomic E-state index is 0.292. The van der Waals surface area contributed by atoms with Crippen LogP contribution < -0.4 is 0 Å². The quantitative estimate of drug-likeness (QED) is 0.199. The van der Waals surface area contributed by atoms with Crippen molar-refractivity contribution in [2.24, 2.45) is 0 Å². The summed E-state index contributed by atoms with van der Waals surface area (Å²) in [5, 5.41) is 0. The van der Waals surface area contributed by atoms with Gasteiger partial charge in [-0.2, -0.15) is 0 Å². The molecule has 214 valence electrons. The summed E-state index contributed by atoms with van der Waals surface area (Å²) in [6.07, 6.45) is 0.449. The first-order valence-corrected chi connectivity index (χ1v) is 14.6. The number of ether oxygens (including phenoxy) is 4. The molecule has 0 unspecified atom stereocenters. The van der Waals surface area contributed by atoms with Gasteiger partial charge in [-0.05, 0) is 67.6 Å². The molecule has 42 heavy (non-hydrogen) atoms. The first-order valence-electron chi connectivity index (χ1n) is 14.6. The van der Waals surface area contributed by atoms with Crippen molar-refractivity contribution in [3.63, 3.8) is 0 Å². The van der Waals surface area contributed by atoms with E-state index in [0.29, 0.717) is 6.61 Å². The van der Waals surface area contributed by atoms with E-state index in [1.54, 1.807) is 0 Å². The predicted octanol–water partition coefficient (Wildman–Crippen LogP) is 7.08. The van der Waals surface area contributed by atoms with Crippen molar-refractivity contribution in [2.45, 2.75) is 63.6 Å². The smallest absolute Gasteiger partial charge is 0.165 e. The fourth-order valence-corrected chi connectivity index (χ4v) is 6.48. The Bertz CT molecular complexity index is 1590. The Hall–Kier alpha value is -3.81. The molecule has 3 heterocycles. The van der Waals surface area contributed by atoms with E-state index in [0.717, 1.165) is 27.7 Å². The second-order valence-electron chi connectivity index (χ2n) is 11.8. The number of aryl methyl sites for hydroxylation is 2. The van der Waals surface area contributed by atoms with Gasteiger partial charge >= 0.3 is 0 Å². The Morgan fingerprint density at radius 2 is 1.29 bits per heavy atom. The lowest BCUT2D eigenvalue weighted by Gasteiger charge is -2.37. The average molecular weight is 561 g/mol. The Kier molecular flexibility index (Phi) is 6.75. The van der Waals surface area contributed by atoms with Gasteiger partial charge in [-0.25, -0.2) is 4.98 Å². The summed E-state index contributed by atoms with van der Waals surface area (Å²) in [5.74, 6) is -0.742. The molecule has 2 aliphatic heterocycles. The SMILES string of the molecule is Cc1cc2ncn([C@@H]3O[C@H](COC(c4ccccc4)(c4ccccc4)c4ccccc4)[C@H]4OC(C)(C)O[C@H]43)c2cc1C. The first kappa shape index (κ1) is 27.0. The molecule has 0 N–H and O–H groups in total. The van der Waals surface area contributed by atoms with Crippen LogP contribution in [-0.2, 0) is 24.5 Å². The molecule has 6 heteroatoms. The van der Waals surface area contributed by atoms with Gasteiger partial charge < -0.3 is 23.5 Å². The molecule has 2 fully saturated rings. The summed E-state index contributed by atoms with van der Waals surface area (Å²) < 4.78 is 29.0. The Morgan fingerprint density at radius 1 is 0.762 bits per heavy atom. The van der Waals surface area contributed by atoms with Crippen LogP contribution in [0.25, 0.3) is 11.0 Å². The topological polar surface area (TPSA) is 54.7 Å². The lowest BCUT2D eigenvalue weighted by molar-refractivity contribution is -0.204. The van der Waals surface area contributed by atoms with Gasteiger partial charge in [0.1, 0.15) is 23.9 Å². The number of imidazole rings is 1. The van der Waals surface area contributed by atoms with E-state index in [2.05, 4.69) is 103 Å². The first-order chi connectivity index (χ1) is 20.4. The third kappa shape index (κ3) is 4.56. The number of rotatable bonds is 7. The summed E-state index contributed by atoms with van der Waals surface area (Å²) in [4.78, 5) is 4.70. The fourth-order valence-electron chi connectivity index (χ4n) is 6.48. The van der Waals surface area contributed by atoms with Crippen molar-refractivity contribution < 1.29 is 18.9 Å². The van der Waals surface area contributed by atoms with Gasteiger partial charge in [0.2, 0.25) is 0 Å². The average Bonchev–Trinajstić information content (AvgIpc) is 3.65. The minimum Gasteiger partial charge on any atom is -0.358 e. The monoisotopic (exact) mass is 560 g/mol. The molecule has 0 spiro atoms. The molecule has 1 aromatic heterocycles. The van der Waals surface area contributed by atoms with E-state index < -0.39 is 17.6 Å². The molecule has 6 nitrogen and oxygen atoms in total. The molecule has 0 bridgehead atoms. The number of hydrogen-bond acceptors (Lipinski definition) is 5. The largest absolute Gasteiger partial charge is 0.358 e. The standard InChI is InChI=1S/C36H36N2O4/c1-24-20-29-30(21-25(24)2)38(23-37-29)34-33-32(41-35(3,4)42-33)31(40-34)22-39-36(26-14-8-5-9-15-26,27-16-10-6-11-17-27)28-18-12-7-13-19-28/h5-21,23,31-34H,22H2,1-4H3/t31-,32-,33-,34-/m1/s1. The van der Waals surface area contributed by atoms with Crippen LogP contribution >= 0.6 is 0 Å². The molecule has 0 saturated carbocycles. The van der Waals surface area contributed by atoms with E-state index in [4.69, 9.17) is 23.9 Å². The highest BCUT2D eigenvalue weighted by molar-refractivity contribution is 5.77. The molecule has 7 rings (SSSR count). The molecule has 2 aliphatic rings. The molecular weight excluding hydrogens is 524 g/mol. The third-order valence-electron chi connectivity index (χ3n) is 8.59. The summed E-state index contributed by atoms with van der Waals surface area (Å²) in [7, 11) is 0. The normalized spacial score (nSPS) is 23.3. The van der Waals surface area contributed by atoms with Gasteiger partial charge in [0, 0.05) is 0 Å². The van der Waals surface area contributed by atoms with Gasteiger partial charge in [-0.3, -0.25) is 0 Å². The summed E-state index contributed by atoms with van der Waals surface area (Å²) >= 11 is 0. The molecular formula is C36H36N2O4. The number of hydrogen-bond donors (Lipinski definition) is 0.